The maximum absolute atomic E-state index is 12.5. The van der Waals surface area contributed by atoms with Crippen LogP contribution in [0.15, 0.2) is 5.38 Å². The van der Waals surface area contributed by atoms with Crippen LogP contribution in [0.4, 0.5) is 0 Å². The highest BCUT2D eigenvalue weighted by atomic mass is 32.1. The molecule has 1 saturated carbocycles. The first-order valence-corrected chi connectivity index (χ1v) is 9.84. The number of hydrogen-bond donors (Lipinski definition) is 0. The van der Waals surface area contributed by atoms with Crippen LogP contribution in [-0.4, -0.2) is 22.8 Å². The highest BCUT2D eigenvalue weighted by Gasteiger charge is 2.30. The van der Waals surface area contributed by atoms with Crippen molar-refractivity contribution < 1.29 is 4.79 Å². The van der Waals surface area contributed by atoms with Gasteiger partial charge in [-0.3, -0.25) is 4.79 Å². The lowest BCUT2D eigenvalue weighted by molar-refractivity contribution is -0.131. The first kappa shape index (κ1) is 18.4. The largest absolute Gasteiger partial charge is 0.340 e. The average Bonchev–Trinajstić information content (AvgIpc) is 2.94. The van der Waals surface area contributed by atoms with Gasteiger partial charge in [0.2, 0.25) is 5.91 Å². The maximum Gasteiger partial charge on any atom is 0.222 e. The van der Waals surface area contributed by atoms with Crippen molar-refractivity contribution >= 4 is 17.2 Å². The van der Waals surface area contributed by atoms with E-state index >= 15 is 0 Å². The van der Waals surface area contributed by atoms with E-state index < -0.39 is 0 Å². The zero-order valence-electron chi connectivity index (χ0n) is 15.4. The molecule has 2 rings (SSSR count). The Hall–Kier alpha value is -0.900. The van der Waals surface area contributed by atoms with Gasteiger partial charge >= 0.3 is 0 Å². The summed E-state index contributed by atoms with van der Waals surface area (Å²) in [7, 11) is 1.91. The molecule has 130 valence electrons. The molecule has 3 nitrogen and oxygen atoms in total. The number of amides is 1. The maximum atomic E-state index is 12.5. The summed E-state index contributed by atoms with van der Waals surface area (Å²) in [4.78, 5) is 18.9. The van der Waals surface area contributed by atoms with Gasteiger partial charge in [-0.1, -0.05) is 27.7 Å². The van der Waals surface area contributed by atoms with Crippen molar-refractivity contribution in [3.63, 3.8) is 0 Å². The molecule has 0 bridgehead atoms. The Labute approximate surface area is 145 Å². The minimum absolute atomic E-state index is 0.273. The average molecular weight is 337 g/mol. The number of thiazole rings is 1. The molecule has 0 N–H and O–H groups in total. The molecule has 1 aliphatic carbocycles. The Kier molecular flexibility index (Phi) is 6.24. The van der Waals surface area contributed by atoms with Crippen LogP contribution >= 0.6 is 11.3 Å². The van der Waals surface area contributed by atoms with E-state index in [1.165, 1.54) is 25.7 Å². The molecule has 1 heterocycles. The molecular weight excluding hydrogens is 304 g/mol. The minimum atomic E-state index is 0.273. The molecule has 0 aromatic carbocycles. The molecule has 1 aromatic heterocycles. The van der Waals surface area contributed by atoms with E-state index in [1.54, 1.807) is 11.3 Å². The molecule has 0 unspecified atom stereocenters. The van der Waals surface area contributed by atoms with Gasteiger partial charge in [0.1, 0.15) is 0 Å². The molecular formula is C19H32N2OS. The summed E-state index contributed by atoms with van der Waals surface area (Å²) in [6.07, 6.45) is 6.64. The summed E-state index contributed by atoms with van der Waals surface area (Å²) in [6, 6.07) is 0. The summed E-state index contributed by atoms with van der Waals surface area (Å²) in [5, 5.41) is 3.23. The van der Waals surface area contributed by atoms with Crippen molar-refractivity contribution in [2.45, 2.75) is 72.8 Å². The van der Waals surface area contributed by atoms with Crippen LogP contribution in [0.1, 0.15) is 70.5 Å². The fourth-order valence-electron chi connectivity index (χ4n) is 3.55. The van der Waals surface area contributed by atoms with Crippen molar-refractivity contribution in [3.05, 3.63) is 16.1 Å². The van der Waals surface area contributed by atoms with E-state index in [-0.39, 0.29) is 5.91 Å². The van der Waals surface area contributed by atoms with Crippen LogP contribution in [0, 0.1) is 17.3 Å². The number of hydrogen-bond acceptors (Lipinski definition) is 3. The van der Waals surface area contributed by atoms with Crippen LogP contribution in [0.2, 0.25) is 0 Å². The quantitative estimate of drug-likeness (QED) is 0.765. The smallest absolute Gasteiger partial charge is 0.222 e. The van der Waals surface area contributed by atoms with Crippen molar-refractivity contribution in [2.24, 2.45) is 17.3 Å². The zero-order chi connectivity index (χ0) is 17.0. The first-order valence-electron chi connectivity index (χ1n) is 8.96. The van der Waals surface area contributed by atoms with Gasteiger partial charge in [-0.15, -0.1) is 11.3 Å². The Morgan fingerprint density at radius 2 is 1.96 bits per heavy atom. The highest BCUT2D eigenvalue weighted by Crippen LogP contribution is 2.40. The lowest BCUT2D eigenvalue weighted by Gasteiger charge is -2.37. The van der Waals surface area contributed by atoms with E-state index in [2.05, 4.69) is 38.1 Å². The molecule has 0 radical (unpaired) electrons. The number of rotatable bonds is 5. The van der Waals surface area contributed by atoms with E-state index in [0.717, 1.165) is 23.0 Å². The Morgan fingerprint density at radius 1 is 1.30 bits per heavy atom. The molecule has 1 amide bonds. The molecule has 23 heavy (non-hydrogen) atoms. The number of nitrogens with zero attached hydrogens (tertiary/aromatic N) is 2. The monoisotopic (exact) mass is 336 g/mol. The highest BCUT2D eigenvalue weighted by molar-refractivity contribution is 7.09. The summed E-state index contributed by atoms with van der Waals surface area (Å²) < 4.78 is 0. The second kappa shape index (κ2) is 7.78. The lowest BCUT2D eigenvalue weighted by Crippen LogP contribution is -2.31. The number of carbonyl (C=O) groups excluding carboxylic acids is 1. The normalized spacial score (nSPS) is 22.1. The molecule has 0 spiro atoms. The van der Waals surface area contributed by atoms with Crippen LogP contribution in [0.5, 0.6) is 0 Å². The fraction of sp³-hybridized carbons (Fsp3) is 0.789. The van der Waals surface area contributed by atoms with Crippen LogP contribution in [0.25, 0.3) is 0 Å². The molecule has 1 aromatic rings. The second-order valence-electron chi connectivity index (χ2n) is 8.12. The zero-order valence-corrected chi connectivity index (χ0v) is 16.2. The second-order valence-corrected chi connectivity index (χ2v) is 9.07. The van der Waals surface area contributed by atoms with Crippen molar-refractivity contribution in [1.29, 1.82) is 0 Å². The molecule has 1 fully saturated rings. The number of carbonyl (C=O) groups is 1. The third-order valence-corrected chi connectivity index (χ3v) is 6.30. The Bertz CT molecular complexity index is 510. The SMILES string of the molecule is CCc1nc(CN(C)C(=O)CC2CCC(C(C)(C)C)CC2)cs1. The van der Waals surface area contributed by atoms with Crippen LogP contribution < -0.4 is 0 Å². The van der Waals surface area contributed by atoms with E-state index in [4.69, 9.17) is 0 Å². The fourth-order valence-corrected chi connectivity index (χ4v) is 4.29. The third kappa shape index (κ3) is 5.30. The minimum Gasteiger partial charge on any atom is -0.340 e. The Morgan fingerprint density at radius 3 is 2.48 bits per heavy atom. The predicted molar refractivity (Wildman–Crippen MR) is 97.5 cm³/mol. The van der Waals surface area contributed by atoms with Crippen molar-refractivity contribution in [2.75, 3.05) is 7.05 Å². The number of aryl methyl sites for hydroxylation is 1. The van der Waals surface area contributed by atoms with Crippen LogP contribution in [-0.2, 0) is 17.8 Å². The van der Waals surface area contributed by atoms with Gasteiger partial charge in [-0.05, 0) is 49.4 Å². The van der Waals surface area contributed by atoms with Crippen molar-refractivity contribution in [1.82, 2.24) is 9.88 Å². The van der Waals surface area contributed by atoms with Gasteiger partial charge in [0.25, 0.3) is 0 Å². The van der Waals surface area contributed by atoms with Gasteiger partial charge in [0.05, 0.1) is 17.2 Å². The standard InChI is InChI=1S/C19H32N2OS/c1-6-17-20-16(13-23-17)12-21(5)18(22)11-14-7-9-15(10-8-14)19(2,3)4/h13-15H,6-12H2,1-5H3. The summed E-state index contributed by atoms with van der Waals surface area (Å²) >= 11 is 1.69. The summed E-state index contributed by atoms with van der Waals surface area (Å²) in [6.45, 7) is 9.79. The van der Waals surface area contributed by atoms with Gasteiger partial charge in [-0.2, -0.15) is 0 Å². The topological polar surface area (TPSA) is 33.2 Å². The van der Waals surface area contributed by atoms with E-state index in [0.29, 0.717) is 24.3 Å². The summed E-state index contributed by atoms with van der Waals surface area (Å²) in [5.74, 6) is 1.66. The van der Waals surface area contributed by atoms with Gasteiger partial charge < -0.3 is 4.90 Å². The predicted octanol–water partition coefficient (Wildman–Crippen LogP) is 4.91. The molecule has 0 aliphatic heterocycles. The van der Waals surface area contributed by atoms with Gasteiger partial charge in [0, 0.05) is 18.8 Å². The Balaban J connectivity index is 1.78. The third-order valence-electron chi connectivity index (χ3n) is 5.26. The molecule has 0 saturated heterocycles. The van der Waals surface area contributed by atoms with E-state index in [1.807, 2.05) is 11.9 Å². The molecule has 1 aliphatic rings. The van der Waals surface area contributed by atoms with Crippen LogP contribution in [0.3, 0.4) is 0 Å². The molecule has 4 heteroatoms. The molecule has 0 atom stereocenters. The lowest BCUT2D eigenvalue weighted by atomic mass is 9.69. The summed E-state index contributed by atoms with van der Waals surface area (Å²) in [5.41, 5.74) is 1.44. The van der Waals surface area contributed by atoms with E-state index in [9.17, 15) is 4.79 Å². The van der Waals surface area contributed by atoms with Gasteiger partial charge in [0.15, 0.2) is 0 Å². The van der Waals surface area contributed by atoms with Crippen molar-refractivity contribution in [3.8, 4) is 0 Å². The number of aromatic nitrogens is 1. The first-order chi connectivity index (χ1) is 10.8. The van der Waals surface area contributed by atoms with Gasteiger partial charge in [-0.25, -0.2) is 4.98 Å².